The van der Waals surface area contributed by atoms with Crippen LogP contribution in [0.1, 0.15) is 29.5 Å². The summed E-state index contributed by atoms with van der Waals surface area (Å²) in [5.74, 6) is 2.39. The van der Waals surface area contributed by atoms with E-state index in [2.05, 4.69) is 37.6 Å². The number of thiazole rings is 1. The largest absolute Gasteiger partial charge is 0.380 e. The van der Waals surface area contributed by atoms with E-state index in [1.807, 2.05) is 23.8 Å². The van der Waals surface area contributed by atoms with Crippen molar-refractivity contribution in [2.45, 2.75) is 25.3 Å². The normalized spacial score (nSPS) is 14.3. The number of rotatable bonds is 5. The van der Waals surface area contributed by atoms with Gasteiger partial charge >= 0.3 is 0 Å². The Balaban J connectivity index is 1.51. The average molecular weight is 297 g/mol. The Labute approximate surface area is 126 Å². The van der Waals surface area contributed by atoms with Crippen LogP contribution in [0.2, 0.25) is 0 Å². The maximum absolute atomic E-state index is 4.59. The van der Waals surface area contributed by atoms with Crippen LogP contribution in [0.25, 0.3) is 11.4 Å². The summed E-state index contributed by atoms with van der Waals surface area (Å²) in [7, 11) is 0. The molecule has 0 radical (unpaired) electrons. The fraction of sp³-hybridized carbons (Fsp3) is 0.267. The molecular formula is C15H15N5S. The summed E-state index contributed by atoms with van der Waals surface area (Å²) in [6, 6.07) is 8.20. The number of hydrogen-bond donors (Lipinski definition) is 2. The van der Waals surface area contributed by atoms with Crippen LogP contribution >= 0.6 is 11.3 Å². The minimum atomic E-state index is 0.596. The van der Waals surface area contributed by atoms with Crippen molar-refractivity contribution in [3.63, 3.8) is 0 Å². The van der Waals surface area contributed by atoms with Gasteiger partial charge in [0.15, 0.2) is 5.82 Å². The number of aromatic amines is 1. The van der Waals surface area contributed by atoms with Gasteiger partial charge in [-0.2, -0.15) is 5.10 Å². The van der Waals surface area contributed by atoms with E-state index in [4.69, 9.17) is 0 Å². The number of aromatic nitrogens is 4. The van der Waals surface area contributed by atoms with Crippen molar-refractivity contribution in [3.05, 3.63) is 46.7 Å². The Morgan fingerprint density at radius 3 is 3.10 bits per heavy atom. The Kier molecular flexibility index (Phi) is 3.16. The smallest absolute Gasteiger partial charge is 0.181 e. The van der Waals surface area contributed by atoms with Gasteiger partial charge in [0.2, 0.25) is 0 Å². The summed E-state index contributed by atoms with van der Waals surface area (Å²) in [6.45, 7) is 0.787. The lowest BCUT2D eigenvalue weighted by molar-refractivity contribution is 0.935. The van der Waals surface area contributed by atoms with Gasteiger partial charge in [0.25, 0.3) is 0 Å². The van der Waals surface area contributed by atoms with Gasteiger partial charge in [-0.1, -0.05) is 12.1 Å². The molecule has 0 bridgehead atoms. The van der Waals surface area contributed by atoms with E-state index in [9.17, 15) is 0 Å². The lowest BCUT2D eigenvalue weighted by Crippen LogP contribution is -1.97. The standard InChI is InChI=1S/C15H15N5S/c1-2-11(15-18-14(19-20-15)10-4-5-10)6-12(3-1)17-8-13-7-16-9-21-13/h1-3,6-7,9-10,17H,4-5,8H2,(H,18,19,20). The molecule has 2 heterocycles. The third kappa shape index (κ3) is 2.80. The first-order valence-electron chi connectivity index (χ1n) is 7.02. The quantitative estimate of drug-likeness (QED) is 0.757. The lowest BCUT2D eigenvalue weighted by Gasteiger charge is -2.05. The SMILES string of the molecule is c1cc(NCc2cncs2)cc(-c2n[nH]c(C3CC3)n2)c1. The van der Waals surface area contributed by atoms with E-state index in [0.29, 0.717) is 5.92 Å². The van der Waals surface area contributed by atoms with Crippen molar-refractivity contribution in [2.24, 2.45) is 0 Å². The molecule has 5 nitrogen and oxygen atoms in total. The van der Waals surface area contributed by atoms with Crippen LogP contribution in [-0.2, 0) is 6.54 Å². The molecule has 0 atom stereocenters. The summed E-state index contributed by atoms with van der Waals surface area (Å²) in [4.78, 5) is 9.89. The molecular weight excluding hydrogens is 282 g/mol. The van der Waals surface area contributed by atoms with Crippen LogP contribution in [0.3, 0.4) is 0 Å². The summed E-state index contributed by atoms with van der Waals surface area (Å²) in [5.41, 5.74) is 3.95. The van der Waals surface area contributed by atoms with E-state index in [1.54, 1.807) is 11.3 Å². The third-order valence-electron chi connectivity index (χ3n) is 3.54. The van der Waals surface area contributed by atoms with E-state index in [0.717, 1.165) is 29.4 Å². The highest BCUT2D eigenvalue weighted by Gasteiger charge is 2.27. The minimum Gasteiger partial charge on any atom is -0.380 e. The van der Waals surface area contributed by atoms with Gasteiger partial charge in [0, 0.05) is 28.2 Å². The van der Waals surface area contributed by atoms with Gasteiger partial charge in [-0.15, -0.1) is 11.3 Å². The van der Waals surface area contributed by atoms with Gasteiger partial charge in [-0.05, 0) is 25.0 Å². The van der Waals surface area contributed by atoms with Crippen LogP contribution in [0.15, 0.2) is 36.0 Å². The molecule has 3 aromatic rings. The summed E-state index contributed by atoms with van der Waals surface area (Å²) in [5, 5.41) is 10.8. The second-order valence-corrected chi connectivity index (χ2v) is 6.19. The fourth-order valence-corrected chi connectivity index (χ4v) is 2.76. The molecule has 0 unspecified atom stereocenters. The Morgan fingerprint density at radius 1 is 1.33 bits per heavy atom. The molecule has 6 heteroatoms. The number of nitrogens with zero attached hydrogens (tertiary/aromatic N) is 3. The highest BCUT2D eigenvalue weighted by molar-refractivity contribution is 7.09. The second-order valence-electron chi connectivity index (χ2n) is 5.22. The molecule has 4 rings (SSSR count). The zero-order chi connectivity index (χ0) is 14.1. The molecule has 0 aliphatic heterocycles. The van der Waals surface area contributed by atoms with Crippen LogP contribution in [0.5, 0.6) is 0 Å². The second kappa shape index (κ2) is 5.29. The van der Waals surface area contributed by atoms with E-state index < -0.39 is 0 Å². The molecule has 2 N–H and O–H groups in total. The highest BCUT2D eigenvalue weighted by atomic mass is 32.1. The van der Waals surface area contributed by atoms with Crippen molar-refractivity contribution in [2.75, 3.05) is 5.32 Å². The topological polar surface area (TPSA) is 66.5 Å². The van der Waals surface area contributed by atoms with Crippen LogP contribution < -0.4 is 5.32 Å². The monoisotopic (exact) mass is 297 g/mol. The number of H-pyrrole nitrogens is 1. The van der Waals surface area contributed by atoms with Crippen molar-refractivity contribution in [1.82, 2.24) is 20.2 Å². The summed E-state index contributed by atoms with van der Waals surface area (Å²) >= 11 is 1.65. The first-order valence-corrected chi connectivity index (χ1v) is 7.90. The third-order valence-corrected chi connectivity index (χ3v) is 4.32. The Hall–Kier alpha value is -2.21. The Bertz CT molecular complexity index is 730. The molecule has 0 spiro atoms. The maximum Gasteiger partial charge on any atom is 0.181 e. The van der Waals surface area contributed by atoms with Crippen LogP contribution in [0.4, 0.5) is 5.69 Å². The number of nitrogens with one attached hydrogen (secondary N) is 2. The summed E-state index contributed by atoms with van der Waals surface area (Å²) < 4.78 is 0. The molecule has 1 aliphatic rings. The van der Waals surface area contributed by atoms with Crippen molar-refractivity contribution in [1.29, 1.82) is 0 Å². The minimum absolute atomic E-state index is 0.596. The van der Waals surface area contributed by atoms with Gasteiger partial charge in [0.1, 0.15) is 5.82 Å². The molecule has 0 saturated heterocycles. The first kappa shape index (κ1) is 12.5. The molecule has 1 aliphatic carbocycles. The van der Waals surface area contributed by atoms with E-state index >= 15 is 0 Å². The van der Waals surface area contributed by atoms with Gasteiger partial charge in [0.05, 0.1) is 12.1 Å². The van der Waals surface area contributed by atoms with Crippen LogP contribution in [0, 0.1) is 0 Å². The zero-order valence-electron chi connectivity index (χ0n) is 11.4. The summed E-state index contributed by atoms with van der Waals surface area (Å²) in [6.07, 6.45) is 4.34. The molecule has 0 amide bonds. The zero-order valence-corrected chi connectivity index (χ0v) is 12.2. The molecule has 21 heavy (non-hydrogen) atoms. The van der Waals surface area contributed by atoms with E-state index in [1.165, 1.54) is 17.7 Å². The average Bonchev–Trinajstić information content (AvgIpc) is 3.05. The van der Waals surface area contributed by atoms with Gasteiger partial charge < -0.3 is 5.32 Å². The maximum atomic E-state index is 4.59. The lowest BCUT2D eigenvalue weighted by atomic mass is 10.2. The predicted molar refractivity (Wildman–Crippen MR) is 83.2 cm³/mol. The van der Waals surface area contributed by atoms with Gasteiger partial charge in [-0.25, -0.2) is 4.98 Å². The molecule has 1 saturated carbocycles. The predicted octanol–water partition coefficient (Wildman–Crippen LogP) is 3.42. The number of anilines is 1. The fourth-order valence-electron chi connectivity index (χ4n) is 2.23. The van der Waals surface area contributed by atoms with Crippen molar-refractivity contribution < 1.29 is 0 Å². The molecule has 106 valence electrons. The first-order chi connectivity index (χ1) is 10.4. The molecule has 1 fully saturated rings. The number of benzene rings is 1. The van der Waals surface area contributed by atoms with E-state index in [-0.39, 0.29) is 0 Å². The Morgan fingerprint density at radius 2 is 2.29 bits per heavy atom. The van der Waals surface area contributed by atoms with Crippen molar-refractivity contribution >= 4 is 17.0 Å². The number of hydrogen-bond acceptors (Lipinski definition) is 5. The molecule has 1 aromatic carbocycles. The van der Waals surface area contributed by atoms with Crippen molar-refractivity contribution in [3.8, 4) is 11.4 Å². The van der Waals surface area contributed by atoms with Gasteiger partial charge in [-0.3, -0.25) is 10.1 Å². The molecule has 2 aromatic heterocycles. The highest BCUT2D eigenvalue weighted by Crippen LogP contribution is 2.38. The van der Waals surface area contributed by atoms with Crippen LogP contribution in [-0.4, -0.2) is 20.2 Å².